The van der Waals surface area contributed by atoms with E-state index in [0.717, 1.165) is 11.1 Å². The molecule has 0 atom stereocenters. The Hall–Kier alpha value is -0.930. The Labute approximate surface area is 94.6 Å². The van der Waals surface area contributed by atoms with Crippen LogP contribution in [0.3, 0.4) is 0 Å². The number of benzene rings is 1. The number of hydrogen-bond acceptors (Lipinski definition) is 3. The fraction of sp³-hybridized carbons (Fsp3) is 0.455. The van der Waals surface area contributed by atoms with Crippen LogP contribution in [0.1, 0.15) is 11.1 Å². The number of methoxy groups -OCH3 is 2. The molecule has 0 heterocycles. The summed E-state index contributed by atoms with van der Waals surface area (Å²) in [6, 6.07) is 1.86. The first kappa shape index (κ1) is 12.1. The molecule has 84 valence electrons. The molecule has 0 saturated carbocycles. The van der Waals surface area contributed by atoms with Crippen molar-refractivity contribution >= 4 is 11.6 Å². The highest BCUT2D eigenvalue weighted by molar-refractivity contribution is 6.33. The smallest absolute Gasteiger partial charge is 0.179 e. The number of aliphatic hydroxyl groups excluding tert-OH is 1. The van der Waals surface area contributed by atoms with E-state index in [0.29, 0.717) is 22.9 Å². The molecule has 0 aliphatic rings. The van der Waals surface area contributed by atoms with E-state index in [1.54, 1.807) is 14.2 Å². The van der Waals surface area contributed by atoms with Gasteiger partial charge >= 0.3 is 0 Å². The van der Waals surface area contributed by atoms with Gasteiger partial charge in [-0.25, -0.2) is 0 Å². The third-order valence-corrected chi connectivity index (χ3v) is 2.70. The van der Waals surface area contributed by atoms with E-state index in [9.17, 15) is 0 Å². The molecule has 0 aliphatic carbocycles. The van der Waals surface area contributed by atoms with E-state index in [1.165, 1.54) is 0 Å². The molecule has 1 aromatic carbocycles. The van der Waals surface area contributed by atoms with Crippen LogP contribution in [0.5, 0.6) is 11.5 Å². The summed E-state index contributed by atoms with van der Waals surface area (Å²) >= 11 is 6.16. The third-order valence-electron chi connectivity index (χ3n) is 2.30. The van der Waals surface area contributed by atoms with Gasteiger partial charge in [-0.15, -0.1) is 0 Å². The second kappa shape index (κ2) is 5.24. The van der Waals surface area contributed by atoms with Crippen LogP contribution in [0.2, 0.25) is 5.02 Å². The molecule has 1 aromatic rings. The maximum atomic E-state index is 8.93. The van der Waals surface area contributed by atoms with Crippen molar-refractivity contribution in [2.45, 2.75) is 13.3 Å². The zero-order chi connectivity index (χ0) is 11.4. The van der Waals surface area contributed by atoms with Gasteiger partial charge in [0.1, 0.15) is 0 Å². The van der Waals surface area contributed by atoms with Gasteiger partial charge in [-0.1, -0.05) is 11.6 Å². The van der Waals surface area contributed by atoms with Crippen molar-refractivity contribution in [3.8, 4) is 11.5 Å². The molecule has 0 spiro atoms. The van der Waals surface area contributed by atoms with Gasteiger partial charge in [-0.05, 0) is 30.5 Å². The highest BCUT2D eigenvalue weighted by Crippen LogP contribution is 2.39. The van der Waals surface area contributed by atoms with E-state index in [-0.39, 0.29) is 6.61 Å². The van der Waals surface area contributed by atoms with Gasteiger partial charge in [-0.2, -0.15) is 0 Å². The lowest BCUT2D eigenvalue weighted by molar-refractivity contribution is 0.298. The Morgan fingerprint density at radius 2 is 2.00 bits per heavy atom. The van der Waals surface area contributed by atoms with Gasteiger partial charge in [0, 0.05) is 6.61 Å². The number of ether oxygens (including phenoxy) is 2. The second-order valence-electron chi connectivity index (χ2n) is 3.20. The predicted molar refractivity (Wildman–Crippen MR) is 60.1 cm³/mol. The van der Waals surface area contributed by atoms with Crippen LogP contribution in [0.15, 0.2) is 6.07 Å². The van der Waals surface area contributed by atoms with Gasteiger partial charge in [0.15, 0.2) is 11.5 Å². The van der Waals surface area contributed by atoms with E-state index >= 15 is 0 Å². The summed E-state index contributed by atoms with van der Waals surface area (Å²) < 4.78 is 10.3. The molecule has 0 saturated heterocycles. The topological polar surface area (TPSA) is 38.7 Å². The summed E-state index contributed by atoms with van der Waals surface area (Å²) in [5, 5.41) is 9.44. The van der Waals surface area contributed by atoms with Crippen molar-refractivity contribution in [2.24, 2.45) is 0 Å². The summed E-state index contributed by atoms with van der Waals surface area (Å²) in [4.78, 5) is 0. The molecular formula is C11H15ClO3. The van der Waals surface area contributed by atoms with Crippen molar-refractivity contribution in [3.63, 3.8) is 0 Å². The highest BCUT2D eigenvalue weighted by Gasteiger charge is 2.15. The molecule has 1 rings (SSSR count). The SMILES string of the molecule is COc1cc(C)c(CCO)c(Cl)c1OC. The van der Waals surface area contributed by atoms with Crippen LogP contribution in [0, 0.1) is 6.92 Å². The molecule has 1 N–H and O–H groups in total. The largest absolute Gasteiger partial charge is 0.493 e. The quantitative estimate of drug-likeness (QED) is 0.862. The normalized spacial score (nSPS) is 10.2. The lowest BCUT2D eigenvalue weighted by Gasteiger charge is -2.14. The number of aliphatic hydroxyl groups is 1. The van der Waals surface area contributed by atoms with Crippen LogP contribution in [-0.4, -0.2) is 25.9 Å². The first-order valence-electron chi connectivity index (χ1n) is 4.66. The molecule has 0 fully saturated rings. The van der Waals surface area contributed by atoms with Crippen LogP contribution in [0.4, 0.5) is 0 Å². The Kier molecular flexibility index (Phi) is 4.24. The van der Waals surface area contributed by atoms with Gasteiger partial charge in [0.2, 0.25) is 0 Å². The molecule has 3 nitrogen and oxygen atoms in total. The lowest BCUT2D eigenvalue weighted by Crippen LogP contribution is -2.00. The molecule has 0 radical (unpaired) electrons. The van der Waals surface area contributed by atoms with Crippen molar-refractivity contribution < 1.29 is 14.6 Å². The van der Waals surface area contributed by atoms with E-state index in [2.05, 4.69) is 0 Å². The minimum atomic E-state index is 0.0655. The Morgan fingerprint density at radius 1 is 1.33 bits per heavy atom. The minimum Gasteiger partial charge on any atom is -0.493 e. The lowest BCUT2D eigenvalue weighted by atomic mass is 10.0. The number of aryl methyl sites for hydroxylation is 1. The summed E-state index contributed by atoms with van der Waals surface area (Å²) in [7, 11) is 3.11. The van der Waals surface area contributed by atoms with Crippen molar-refractivity contribution in [2.75, 3.05) is 20.8 Å². The molecule has 4 heteroatoms. The Balaban J connectivity index is 3.31. The first-order valence-corrected chi connectivity index (χ1v) is 5.04. The molecule has 0 aromatic heterocycles. The third kappa shape index (κ3) is 2.36. The molecule has 0 bridgehead atoms. The average Bonchev–Trinajstić information content (AvgIpc) is 2.23. The monoisotopic (exact) mass is 230 g/mol. The summed E-state index contributed by atoms with van der Waals surface area (Å²) in [6.45, 7) is 1.99. The number of halogens is 1. The van der Waals surface area contributed by atoms with E-state index < -0.39 is 0 Å². The van der Waals surface area contributed by atoms with Crippen molar-refractivity contribution in [1.82, 2.24) is 0 Å². The van der Waals surface area contributed by atoms with Crippen LogP contribution in [0.25, 0.3) is 0 Å². The Bertz CT molecular complexity index is 350. The highest BCUT2D eigenvalue weighted by atomic mass is 35.5. The van der Waals surface area contributed by atoms with Crippen molar-refractivity contribution in [1.29, 1.82) is 0 Å². The maximum absolute atomic E-state index is 8.93. The van der Waals surface area contributed by atoms with Crippen LogP contribution in [-0.2, 0) is 6.42 Å². The predicted octanol–water partition coefficient (Wildman–Crippen LogP) is 2.20. The van der Waals surface area contributed by atoms with Gasteiger partial charge < -0.3 is 14.6 Å². The molecule has 15 heavy (non-hydrogen) atoms. The van der Waals surface area contributed by atoms with Crippen LogP contribution >= 0.6 is 11.6 Å². The number of hydrogen-bond donors (Lipinski definition) is 1. The first-order chi connectivity index (χ1) is 7.15. The molecule has 0 aliphatic heterocycles. The maximum Gasteiger partial charge on any atom is 0.179 e. The summed E-state index contributed by atoms with van der Waals surface area (Å²) in [5.41, 5.74) is 1.89. The summed E-state index contributed by atoms with van der Waals surface area (Å²) in [5.74, 6) is 1.13. The van der Waals surface area contributed by atoms with Gasteiger partial charge in [0.25, 0.3) is 0 Å². The van der Waals surface area contributed by atoms with E-state index in [4.69, 9.17) is 26.2 Å². The average molecular weight is 231 g/mol. The second-order valence-corrected chi connectivity index (χ2v) is 3.57. The van der Waals surface area contributed by atoms with E-state index in [1.807, 2.05) is 13.0 Å². The van der Waals surface area contributed by atoms with Gasteiger partial charge in [-0.3, -0.25) is 0 Å². The van der Waals surface area contributed by atoms with Crippen LogP contribution < -0.4 is 9.47 Å². The number of rotatable bonds is 4. The fourth-order valence-corrected chi connectivity index (χ4v) is 1.94. The van der Waals surface area contributed by atoms with Gasteiger partial charge in [0.05, 0.1) is 19.2 Å². The summed E-state index contributed by atoms with van der Waals surface area (Å²) in [6.07, 6.45) is 0.519. The molecule has 0 unspecified atom stereocenters. The Morgan fingerprint density at radius 3 is 2.47 bits per heavy atom. The zero-order valence-electron chi connectivity index (χ0n) is 9.13. The standard InChI is InChI=1S/C11H15ClO3/c1-7-6-9(14-2)11(15-3)10(12)8(7)4-5-13/h6,13H,4-5H2,1-3H3. The molecule has 0 amide bonds. The van der Waals surface area contributed by atoms with Crippen molar-refractivity contribution in [3.05, 3.63) is 22.2 Å². The molecular weight excluding hydrogens is 216 g/mol. The zero-order valence-corrected chi connectivity index (χ0v) is 9.89. The fourth-order valence-electron chi connectivity index (χ4n) is 1.53. The minimum absolute atomic E-state index is 0.0655.